The van der Waals surface area contributed by atoms with E-state index >= 15 is 0 Å². The number of nitrogens with zero attached hydrogens (tertiary/aromatic N) is 4. The van der Waals surface area contributed by atoms with Crippen molar-refractivity contribution in [3.63, 3.8) is 0 Å². The number of fused-ring (bicyclic) bond motifs is 1. The van der Waals surface area contributed by atoms with Crippen molar-refractivity contribution in [2.75, 3.05) is 18.4 Å². The van der Waals surface area contributed by atoms with Gasteiger partial charge in [0, 0.05) is 48.1 Å². The van der Waals surface area contributed by atoms with E-state index in [1.54, 1.807) is 4.68 Å². The molecule has 0 spiro atoms. The van der Waals surface area contributed by atoms with Crippen molar-refractivity contribution < 1.29 is 4.79 Å². The van der Waals surface area contributed by atoms with Crippen LogP contribution < -0.4 is 10.6 Å². The summed E-state index contributed by atoms with van der Waals surface area (Å²) in [5.74, 6) is 1.62. The molecule has 9 heteroatoms. The number of hydrogen-bond donors (Lipinski definition) is 2. The fourth-order valence-electron chi connectivity index (χ4n) is 3.54. The molecule has 1 fully saturated rings. The van der Waals surface area contributed by atoms with Crippen LogP contribution in [0.2, 0.25) is 5.02 Å². The van der Waals surface area contributed by atoms with E-state index in [0.717, 1.165) is 42.7 Å². The minimum absolute atomic E-state index is 0. The number of hydrogen-bond acceptors (Lipinski definition) is 4. The predicted molar refractivity (Wildman–Crippen MR) is 113 cm³/mol. The number of piperidine rings is 1. The van der Waals surface area contributed by atoms with Crippen LogP contribution in [0.25, 0.3) is 10.9 Å². The Morgan fingerprint density at radius 2 is 2.11 bits per heavy atom. The number of amides is 1. The van der Waals surface area contributed by atoms with E-state index in [1.807, 2.05) is 37.5 Å². The van der Waals surface area contributed by atoms with Crippen molar-refractivity contribution in [1.82, 2.24) is 24.6 Å². The lowest BCUT2D eigenvalue weighted by molar-refractivity contribution is -0.116. The first-order valence-corrected chi connectivity index (χ1v) is 9.64. The van der Waals surface area contributed by atoms with Gasteiger partial charge >= 0.3 is 0 Å². The minimum atomic E-state index is -0.0711. The van der Waals surface area contributed by atoms with E-state index in [9.17, 15) is 4.79 Å². The summed E-state index contributed by atoms with van der Waals surface area (Å²) in [5.41, 5.74) is 1.07. The van der Waals surface area contributed by atoms with E-state index in [2.05, 4.69) is 25.3 Å². The molecule has 2 aromatic heterocycles. The maximum Gasteiger partial charge on any atom is 0.228 e. The summed E-state index contributed by atoms with van der Waals surface area (Å²) < 4.78 is 3.71. The van der Waals surface area contributed by atoms with E-state index in [-0.39, 0.29) is 18.3 Å². The lowest BCUT2D eigenvalue weighted by Crippen LogP contribution is -2.27. The standard InChI is InChI=1S/C19H23ClN6O.ClH/c1-25-19(23-18(24-25)13-4-8-21-9-5-13)22-17(27)7-11-26-10-6-14-12-15(20)2-3-16(14)26;/h2-3,6,10,12-13,21H,4-5,7-9,11H2,1H3,(H,22,23,24,27);1H. The number of anilines is 1. The molecular formula is C19H24Cl2N6O. The topological polar surface area (TPSA) is 76.8 Å². The van der Waals surface area contributed by atoms with Gasteiger partial charge in [-0.1, -0.05) is 11.6 Å². The minimum Gasteiger partial charge on any atom is -0.347 e. The zero-order valence-corrected chi connectivity index (χ0v) is 17.3. The van der Waals surface area contributed by atoms with E-state index in [4.69, 9.17) is 11.6 Å². The number of carbonyl (C=O) groups is 1. The second-order valence-electron chi connectivity index (χ2n) is 6.95. The summed E-state index contributed by atoms with van der Waals surface area (Å²) >= 11 is 6.03. The van der Waals surface area contributed by atoms with Crippen LogP contribution >= 0.6 is 24.0 Å². The number of aromatic nitrogens is 4. The van der Waals surface area contributed by atoms with Crippen LogP contribution in [-0.4, -0.2) is 38.3 Å². The Labute approximate surface area is 174 Å². The summed E-state index contributed by atoms with van der Waals surface area (Å²) in [5, 5.41) is 12.5. The molecule has 150 valence electrons. The number of aryl methyl sites for hydroxylation is 2. The van der Waals surface area contributed by atoms with E-state index in [1.165, 1.54) is 0 Å². The molecule has 0 bridgehead atoms. The SMILES string of the molecule is Cl.Cn1nc(C2CCNCC2)nc1NC(=O)CCn1ccc2cc(Cl)ccc21. The largest absolute Gasteiger partial charge is 0.347 e. The molecular weight excluding hydrogens is 399 g/mol. The van der Waals surface area contributed by atoms with Crippen LogP contribution in [0, 0.1) is 0 Å². The second kappa shape index (κ2) is 8.94. The zero-order valence-electron chi connectivity index (χ0n) is 15.7. The summed E-state index contributed by atoms with van der Waals surface area (Å²) in [6.07, 6.45) is 4.40. The Morgan fingerprint density at radius 1 is 1.32 bits per heavy atom. The first kappa shape index (κ1) is 20.6. The molecule has 28 heavy (non-hydrogen) atoms. The van der Waals surface area contributed by atoms with Crippen molar-refractivity contribution in [3.8, 4) is 0 Å². The van der Waals surface area contributed by atoms with Crippen LogP contribution in [0.1, 0.15) is 31.0 Å². The molecule has 1 amide bonds. The highest BCUT2D eigenvalue weighted by Crippen LogP contribution is 2.23. The zero-order chi connectivity index (χ0) is 18.8. The lowest BCUT2D eigenvalue weighted by atomic mass is 9.98. The van der Waals surface area contributed by atoms with E-state index < -0.39 is 0 Å². The predicted octanol–water partition coefficient (Wildman–Crippen LogP) is 3.34. The van der Waals surface area contributed by atoms with Crippen LogP contribution in [0.3, 0.4) is 0 Å². The maximum absolute atomic E-state index is 12.4. The fourth-order valence-corrected chi connectivity index (χ4v) is 3.72. The number of rotatable bonds is 5. The molecule has 7 nitrogen and oxygen atoms in total. The number of benzene rings is 1. The smallest absolute Gasteiger partial charge is 0.228 e. The summed E-state index contributed by atoms with van der Waals surface area (Å²) in [6, 6.07) is 7.77. The lowest BCUT2D eigenvalue weighted by Gasteiger charge is -2.19. The number of halogens is 2. The van der Waals surface area contributed by atoms with Gasteiger partial charge in [-0.15, -0.1) is 12.4 Å². The van der Waals surface area contributed by atoms with Gasteiger partial charge in [0.25, 0.3) is 0 Å². The summed E-state index contributed by atoms with van der Waals surface area (Å²) in [7, 11) is 1.82. The molecule has 0 saturated carbocycles. The monoisotopic (exact) mass is 422 g/mol. The molecule has 0 unspecified atom stereocenters. The van der Waals surface area contributed by atoms with Gasteiger partial charge in [-0.2, -0.15) is 10.1 Å². The van der Waals surface area contributed by atoms with Gasteiger partial charge in [-0.25, -0.2) is 4.68 Å². The van der Waals surface area contributed by atoms with Crippen LogP contribution in [0.5, 0.6) is 0 Å². The normalized spacial score (nSPS) is 14.8. The van der Waals surface area contributed by atoms with Crippen molar-refractivity contribution in [2.24, 2.45) is 7.05 Å². The third-order valence-corrected chi connectivity index (χ3v) is 5.28. The van der Waals surface area contributed by atoms with Gasteiger partial charge < -0.3 is 9.88 Å². The molecule has 0 radical (unpaired) electrons. The van der Waals surface area contributed by atoms with Gasteiger partial charge in [0.05, 0.1) is 0 Å². The molecule has 2 N–H and O–H groups in total. The van der Waals surface area contributed by atoms with Gasteiger partial charge in [0.15, 0.2) is 5.82 Å². The molecule has 3 aromatic rings. The molecule has 1 saturated heterocycles. The van der Waals surface area contributed by atoms with Crippen LogP contribution in [0.4, 0.5) is 5.95 Å². The van der Waals surface area contributed by atoms with Crippen LogP contribution in [-0.2, 0) is 18.4 Å². The highest BCUT2D eigenvalue weighted by atomic mass is 35.5. The van der Waals surface area contributed by atoms with Gasteiger partial charge in [-0.3, -0.25) is 10.1 Å². The Hall–Kier alpha value is -2.09. The molecule has 0 aliphatic carbocycles. The molecule has 0 atom stereocenters. The molecule has 1 aromatic carbocycles. The highest BCUT2D eigenvalue weighted by Gasteiger charge is 2.21. The average molecular weight is 423 g/mol. The van der Waals surface area contributed by atoms with Crippen molar-refractivity contribution in [2.45, 2.75) is 31.7 Å². The third-order valence-electron chi connectivity index (χ3n) is 5.05. The summed E-state index contributed by atoms with van der Waals surface area (Å²) in [6.45, 7) is 2.57. The van der Waals surface area contributed by atoms with Crippen LogP contribution in [0.15, 0.2) is 30.5 Å². The Balaban J connectivity index is 0.00000225. The quantitative estimate of drug-likeness (QED) is 0.660. The number of carbonyl (C=O) groups excluding carboxylic acids is 1. The molecule has 1 aliphatic rings. The second-order valence-corrected chi connectivity index (χ2v) is 7.39. The number of nitrogens with one attached hydrogen (secondary N) is 2. The van der Waals surface area contributed by atoms with E-state index in [0.29, 0.717) is 29.9 Å². The van der Waals surface area contributed by atoms with Gasteiger partial charge in [-0.05, 0) is 50.2 Å². The van der Waals surface area contributed by atoms with Crippen molar-refractivity contribution in [1.29, 1.82) is 0 Å². The third kappa shape index (κ3) is 4.48. The Kier molecular flexibility index (Phi) is 6.59. The molecule has 1 aliphatic heterocycles. The fraction of sp³-hybridized carbons (Fsp3) is 0.421. The Morgan fingerprint density at radius 3 is 2.89 bits per heavy atom. The Bertz CT molecular complexity index is 961. The first-order valence-electron chi connectivity index (χ1n) is 9.26. The van der Waals surface area contributed by atoms with Crippen molar-refractivity contribution >= 4 is 46.8 Å². The molecule has 3 heterocycles. The summed E-state index contributed by atoms with van der Waals surface area (Å²) in [4.78, 5) is 16.9. The van der Waals surface area contributed by atoms with Crippen molar-refractivity contribution in [3.05, 3.63) is 41.3 Å². The van der Waals surface area contributed by atoms with Gasteiger partial charge in [0.2, 0.25) is 11.9 Å². The molecule has 4 rings (SSSR count). The maximum atomic E-state index is 12.4. The van der Waals surface area contributed by atoms with Gasteiger partial charge in [0.1, 0.15) is 0 Å². The average Bonchev–Trinajstić information content (AvgIpc) is 3.24. The highest BCUT2D eigenvalue weighted by molar-refractivity contribution is 6.31. The first-order chi connectivity index (χ1) is 13.1.